The molecule has 2 aromatic rings. The minimum Gasteiger partial charge on any atom is -0.497 e. The maximum atomic E-state index is 12.4. The number of hydrogen-bond acceptors (Lipinski definition) is 3. The molecular weight excluding hydrogens is 264 g/mol. The summed E-state index contributed by atoms with van der Waals surface area (Å²) >= 11 is 5.50. The van der Waals surface area contributed by atoms with Gasteiger partial charge in [-0.25, -0.2) is 0 Å². The number of ketones is 1. The maximum absolute atomic E-state index is 12.4. The fourth-order valence-corrected chi connectivity index (χ4v) is 1.92. The Hall–Kier alpha value is -2.13. The predicted molar refractivity (Wildman–Crippen MR) is 73.1 cm³/mol. The minimum absolute atomic E-state index is 0.177. The molecule has 96 valence electrons. The van der Waals surface area contributed by atoms with Crippen LogP contribution < -0.4 is 4.74 Å². The standard InChI is InChI=1S/C15H11ClO3/c1-19-11-7-8-12(15(16)18)13(9-11)14(17)10-5-3-2-4-6-10/h2-9H,1H3. The first-order valence-corrected chi connectivity index (χ1v) is 5.99. The van der Waals surface area contributed by atoms with Gasteiger partial charge in [0.2, 0.25) is 0 Å². The monoisotopic (exact) mass is 274 g/mol. The highest BCUT2D eigenvalue weighted by molar-refractivity contribution is 6.68. The molecule has 19 heavy (non-hydrogen) atoms. The second-order valence-electron chi connectivity index (χ2n) is 3.88. The van der Waals surface area contributed by atoms with Crippen LogP contribution in [0, 0.1) is 0 Å². The van der Waals surface area contributed by atoms with E-state index in [0.29, 0.717) is 11.3 Å². The zero-order valence-corrected chi connectivity index (χ0v) is 11.0. The SMILES string of the molecule is COc1ccc(C(=O)Cl)c(C(=O)c2ccccc2)c1. The molecular formula is C15H11ClO3. The van der Waals surface area contributed by atoms with Crippen molar-refractivity contribution in [3.05, 3.63) is 65.2 Å². The molecule has 0 unspecified atom stereocenters. The first kappa shape index (κ1) is 13.3. The summed E-state index contributed by atoms with van der Waals surface area (Å²) in [5, 5.41) is -0.665. The molecule has 0 amide bonds. The van der Waals surface area contributed by atoms with Gasteiger partial charge < -0.3 is 4.74 Å². The van der Waals surface area contributed by atoms with E-state index in [2.05, 4.69) is 0 Å². The van der Waals surface area contributed by atoms with Crippen molar-refractivity contribution in [1.82, 2.24) is 0 Å². The van der Waals surface area contributed by atoms with Gasteiger partial charge in [0, 0.05) is 16.7 Å². The summed E-state index contributed by atoms with van der Waals surface area (Å²) in [4.78, 5) is 23.7. The van der Waals surface area contributed by atoms with E-state index in [-0.39, 0.29) is 16.9 Å². The van der Waals surface area contributed by atoms with E-state index in [9.17, 15) is 9.59 Å². The number of rotatable bonds is 4. The molecule has 0 aromatic heterocycles. The molecule has 0 atom stereocenters. The van der Waals surface area contributed by atoms with E-state index in [4.69, 9.17) is 16.3 Å². The van der Waals surface area contributed by atoms with Crippen molar-refractivity contribution in [2.45, 2.75) is 0 Å². The summed E-state index contributed by atoms with van der Waals surface area (Å²) in [6.07, 6.45) is 0. The molecule has 0 fully saturated rings. The molecule has 3 nitrogen and oxygen atoms in total. The van der Waals surface area contributed by atoms with Gasteiger partial charge in [0.15, 0.2) is 5.78 Å². The summed E-state index contributed by atoms with van der Waals surface area (Å²) in [6, 6.07) is 13.3. The lowest BCUT2D eigenvalue weighted by atomic mass is 9.98. The van der Waals surface area contributed by atoms with E-state index in [1.54, 1.807) is 30.3 Å². The zero-order chi connectivity index (χ0) is 13.8. The molecule has 0 aliphatic heterocycles. The first-order valence-electron chi connectivity index (χ1n) is 5.61. The Morgan fingerprint density at radius 1 is 1.00 bits per heavy atom. The van der Waals surface area contributed by atoms with Crippen LogP contribution in [0.5, 0.6) is 5.75 Å². The van der Waals surface area contributed by atoms with E-state index >= 15 is 0 Å². The van der Waals surface area contributed by atoms with E-state index in [1.165, 1.54) is 19.2 Å². The fourth-order valence-electron chi connectivity index (χ4n) is 1.75. The van der Waals surface area contributed by atoms with Gasteiger partial charge in [-0.05, 0) is 29.8 Å². The number of methoxy groups -OCH3 is 1. The van der Waals surface area contributed by atoms with Gasteiger partial charge in [0.05, 0.1) is 7.11 Å². The highest BCUT2D eigenvalue weighted by Gasteiger charge is 2.18. The molecule has 0 bridgehead atoms. The Morgan fingerprint density at radius 2 is 1.68 bits per heavy atom. The Kier molecular flexibility index (Phi) is 3.97. The van der Waals surface area contributed by atoms with Gasteiger partial charge >= 0.3 is 0 Å². The van der Waals surface area contributed by atoms with Gasteiger partial charge in [-0.2, -0.15) is 0 Å². The largest absolute Gasteiger partial charge is 0.497 e. The second-order valence-corrected chi connectivity index (χ2v) is 4.22. The Bertz CT molecular complexity index is 621. The molecule has 0 aliphatic carbocycles. The second kappa shape index (κ2) is 5.67. The van der Waals surface area contributed by atoms with Crippen molar-refractivity contribution in [3.63, 3.8) is 0 Å². The van der Waals surface area contributed by atoms with Crippen molar-refractivity contribution in [2.24, 2.45) is 0 Å². The number of carbonyl (C=O) groups excluding carboxylic acids is 2. The van der Waals surface area contributed by atoms with Crippen LogP contribution in [0.1, 0.15) is 26.3 Å². The van der Waals surface area contributed by atoms with Crippen molar-refractivity contribution in [1.29, 1.82) is 0 Å². The molecule has 2 rings (SSSR count). The van der Waals surface area contributed by atoms with E-state index in [0.717, 1.165) is 0 Å². The fraction of sp³-hybridized carbons (Fsp3) is 0.0667. The van der Waals surface area contributed by atoms with Crippen LogP contribution in [-0.4, -0.2) is 18.1 Å². The maximum Gasteiger partial charge on any atom is 0.253 e. The normalized spacial score (nSPS) is 10.0. The number of ether oxygens (including phenoxy) is 1. The molecule has 0 aliphatic rings. The zero-order valence-electron chi connectivity index (χ0n) is 10.2. The topological polar surface area (TPSA) is 43.4 Å². The average Bonchev–Trinajstić information content (AvgIpc) is 2.46. The van der Waals surface area contributed by atoms with Crippen LogP contribution in [0.2, 0.25) is 0 Å². The van der Waals surface area contributed by atoms with Crippen LogP contribution in [0.15, 0.2) is 48.5 Å². The van der Waals surface area contributed by atoms with E-state index in [1.807, 2.05) is 6.07 Å². The molecule has 2 aromatic carbocycles. The molecule has 0 N–H and O–H groups in total. The molecule has 0 spiro atoms. The predicted octanol–water partition coefficient (Wildman–Crippen LogP) is 3.31. The third-order valence-electron chi connectivity index (χ3n) is 2.72. The summed E-state index contributed by atoms with van der Waals surface area (Å²) in [5.41, 5.74) is 0.914. The number of carbonyl (C=O) groups is 2. The smallest absolute Gasteiger partial charge is 0.253 e. The Labute approximate surface area is 115 Å². The lowest BCUT2D eigenvalue weighted by Crippen LogP contribution is -2.07. The first-order chi connectivity index (χ1) is 9.13. The summed E-state index contributed by atoms with van der Waals surface area (Å²) < 4.78 is 5.07. The molecule has 4 heteroatoms. The molecule has 0 radical (unpaired) electrons. The van der Waals surface area contributed by atoms with Gasteiger partial charge in [-0.1, -0.05) is 30.3 Å². The van der Waals surface area contributed by atoms with Crippen molar-refractivity contribution in [3.8, 4) is 5.75 Å². The van der Waals surface area contributed by atoms with Crippen LogP contribution in [0.25, 0.3) is 0 Å². The molecule has 0 saturated carbocycles. The third-order valence-corrected chi connectivity index (χ3v) is 2.92. The van der Waals surface area contributed by atoms with Crippen LogP contribution in [-0.2, 0) is 0 Å². The minimum atomic E-state index is -0.665. The van der Waals surface area contributed by atoms with Crippen molar-refractivity contribution < 1.29 is 14.3 Å². The third kappa shape index (κ3) is 2.83. The molecule has 0 saturated heterocycles. The molecule has 0 heterocycles. The Balaban J connectivity index is 2.54. The van der Waals surface area contributed by atoms with Crippen LogP contribution >= 0.6 is 11.6 Å². The van der Waals surface area contributed by atoms with Gasteiger partial charge in [-0.3, -0.25) is 9.59 Å². The number of benzene rings is 2. The quantitative estimate of drug-likeness (QED) is 0.635. The van der Waals surface area contributed by atoms with Gasteiger partial charge in [0.1, 0.15) is 5.75 Å². The average molecular weight is 275 g/mol. The lowest BCUT2D eigenvalue weighted by molar-refractivity contribution is 0.102. The van der Waals surface area contributed by atoms with Crippen molar-refractivity contribution >= 4 is 22.6 Å². The number of halogens is 1. The van der Waals surface area contributed by atoms with Gasteiger partial charge in [-0.15, -0.1) is 0 Å². The van der Waals surface area contributed by atoms with Crippen LogP contribution in [0.3, 0.4) is 0 Å². The van der Waals surface area contributed by atoms with Gasteiger partial charge in [0.25, 0.3) is 5.24 Å². The summed E-state index contributed by atoms with van der Waals surface area (Å²) in [6.45, 7) is 0. The van der Waals surface area contributed by atoms with E-state index < -0.39 is 5.24 Å². The van der Waals surface area contributed by atoms with Crippen LogP contribution in [0.4, 0.5) is 0 Å². The summed E-state index contributed by atoms with van der Waals surface area (Å²) in [7, 11) is 1.49. The Morgan fingerprint density at radius 3 is 2.26 bits per heavy atom. The number of hydrogen-bond donors (Lipinski definition) is 0. The highest BCUT2D eigenvalue weighted by atomic mass is 35.5. The lowest BCUT2D eigenvalue weighted by Gasteiger charge is -2.08. The highest BCUT2D eigenvalue weighted by Crippen LogP contribution is 2.22. The van der Waals surface area contributed by atoms with Crippen molar-refractivity contribution in [2.75, 3.05) is 7.11 Å². The summed E-state index contributed by atoms with van der Waals surface area (Å²) in [5.74, 6) is 0.240.